The zero-order valence-electron chi connectivity index (χ0n) is 14.0. The lowest BCUT2D eigenvalue weighted by Crippen LogP contribution is -2.06. The molecule has 130 valence electrons. The molecule has 3 aromatic carbocycles. The van der Waals surface area contributed by atoms with Crippen LogP contribution in [0.4, 0.5) is 0 Å². The van der Waals surface area contributed by atoms with Crippen molar-refractivity contribution in [2.24, 2.45) is 0 Å². The average molecular weight is 356 g/mol. The van der Waals surface area contributed by atoms with Crippen molar-refractivity contribution < 1.29 is 17.3 Å². The van der Waals surface area contributed by atoms with Crippen molar-refractivity contribution in [2.75, 3.05) is 6.61 Å². The molecule has 0 aliphatic carbocycles. The Bertz CT molecular complexity index is 840. The predicted molar refractivity (Wildman–Crippen MR) is 100 cm³/mol. The zero-order valence-corrected chi connectivity index (χ0v) is 14.8. The molecule has 0 saturated heterocycles. The van der Waals surface area contributed by atoms with E-state index in [0.29, 0.717) is 18.1 Å². The van der Waals surface area contributed by atoms with Gasteiger partial charge in [-0.2, -0.15) is 4.21 Å². The molecule has 4 nitrogen and oxygen atoms in total. The van der Waals surface area contributed by atoms with Gasteiger partial charge in [0.15, 0.2) is 0 Å². The highest BCUT2D eigenvalue weighted by Crippen LogP contribution is 2.30. The van der Waals surface area contributed by atoms with Crippen LogP contribution in [0.3, 0.4) is 0 Å². The third-order valence-corrected chi connectivity index (χ3v) is 4.33. The van der Waals surface area contributed by atoms with Crippen molar-refractivity contribution in [2.45, 2.75) is 19.8 Å². The molecular weight excluding hydrogens is 336 g/mol. The minimum Gasteiger partial charge on any atom is -0.457 e. The standard InChI is InChI=1S/C20H20O4S/c1-2-3-15-22-25(21)24-18-13-11-17(12-14-18)23-20-10-6-8-16-7-4-5-9-19(16)20/h4-14H,2-3,15H2,1H3. The molecule has 0 amide bonds. The zero-order chi connectivity index (χ0) is 17.5. The van der Waals surface area contributed by atoms with Gasteiger partial charge in [-0.1, -0.05) is 49.7 Å². The van der Waals surface area contributed by atoms with Crippen LogP contribution < -0.4 is 8.92 Å². The summed E-state index contributed by atoms with van der Waals surface area (Å²) in [6.45, 7) is 2.47. The summed E-state index contributed by atoms with van der Waals surface area (Å²) in [5, 5.41) is 2.18. The predicted octanol–water partition coefficient (Wildman–Crippen LogP) is 5.41. The fourth-order valence-electron chi connectivity index (χ4n) is 2.35. The number of unbranched alkanes of at least 4 members (excludes halogenated alkanes) is 1. The first-order valence-electron chi connectivity index (χ1n) is 8.25. The van der Waals surface area contributed by atoms with Crippen LogP contribution in [0.25, 0.3) is 10.8 Å². The molecule has 3 aromatic rings. The first-order valence-corrected chi connectivity index (χ1v) is 9.25. The molecule has 0 saturated carbocycles. The molecule has 0 aromatic heterocycles. The third kappa shape index (κ3) is 4.81. The van der Waals surface area contributed by atoms with Gasteiger partial charge in [0, 0.05) is 5.39 Å². The van der Waals surface area contributed by atoms with E-state index in [1.807, 2.05) is 49.4 Å². The van der Waals surface area contributed by atoms with Crippen LogP contribution in [0, 0.1) is 0 Å². The summed E-state index contributed by atoms with van der Waals surface area (Å²) in [5.74, 6) is 1.94. The number of ether oxygens (including phenoxy) is 1. The van der Waals surface area contributed by atoms with Gasteiger partial charge in [0.25, 0.3) is 0 Å². The summed E-state index contributed by atoms with van der Waals surface area (Å²) in [6.07, 6.45) is 1.84. The minimum absolute atomic E-state index is 0.422. The number of hydrogen-bond acceptors (Lipinski definition) is 4. The lowest BCUT2D eigenvalue weighted by molar-refractivity contribution is 0.304. The van der Waals surface area contributed by atoms with Gasteiger partial charge in [-0.05, 0) is 42.1 Å². The highest BCUT2D eigenvalue weighted by molar-refractivity contribution is 7.75. The van der Waals surface area contributed by atoms with Crippen LogP contribution >= 0.6 is 0 Å². The maximum absolute atomic E-state index is 11.6. The average Bonchev–Trinajstić information content (AvgIpc) is 2.64. The molecule has 1 atom stereocenters. The first-order chi connectivity index (χ1) is 12.3. The normalized spacial score (nSPS) is 12.0. The van der Waals surface area contributed by atoms with Crippen LogP contribution in [0.15, 0.2) is 66.7 Å². The smallest absolute Gasteiger partial charge is 0.360 e. The van der Waals surface area contributed by atoms with E-state index in [2.05, 4.69) is 0 Å². The van der Waals surface area contributed by atoms with E-state index in [1.165, 1.54) is 0 Å². The fraction of sp³-hybridized carbons (Fsp3) is 0.200. The second-order valence-corrected chi connectivity index (χ2v) is 6.32. The molecule has 0 radical (unpaired) electrons. The molecule has 0 bridgehead atoms. The van der Waals surface area contributed by atoms with Crippen LogP contribution in [0.5, 0.6) is 17.2 Å². The first kappa shape index (κ1) is 17.5. The number of fused-ring (bicyclic) bond motifs is 1. The molecule has 0 fully saturated rings. The molecule has 3 rings (SSSR count). The van der Waals surface area contributed by atoms with Gasteiger partial charge in [-0.25, -0.2) is 0 Å². The van der Waals surface area contributed by atoms with E-state index in [9.17, 15) is 4.21 Å². The Hall–Kier alpha value is -2.37. The SMILES string of the molecule is CCCCOS(=O)Oc1ccc(Oc2cccc3ccccc23)cc1. The van der Waals surface area contributed by atoms with Crippen LogP contribution in [0.1, 0.15) is 19.8 Å². The lowest BCUT2D eigenvalue weighted by Gasteiger charge is -2.10. The van der Waals surface area contributed by atoms with Gasteiger partial charge >= 0.3 is 11.4 Å². The van der Waals surface area contributed by atoms with Crippen LogP contribution in [-0.4, -0.2) is 10.8 Å². The van der Waals surface area contributed by atoms with Crippen molar-refractivity contribution in [3.63, 3.8) is 0 Å². The molecule has 0 spiro atoms. The summed E-state index contributed by atoms with van der Waals surface area (Å²) in [6, 6.07) is 21.0. The summed E-state index contributed by atoms with van der Waals surface area (Å²) in [4.78, 5) is 0. The fourth-order valence-corrected chi connectivity index (χ4v) is 2.92. The highest BCUT2D eigenvalue weighted by Gasteiger charge is 2.06. The van der Waals surface area contributed by atoms with Crippen molar-refractivity contribution in [1.29, 1.82) is 0 Å². The molecule has 0 aliphatic heterocycles. The summed E-state index contributed by atoms with van der Waals surface area (Å²) >= 11 is -1.78. The molecule has 25 heavy (non-hydrogen) atoms. The van der Waals surface area contributed by atoms with E-state index >= 15 is 0 Å². The Morgan fingerprint density at radius 2 is 1.60 bits per heavy atom. The Morgan fingerprint density at radius 3 is 2.40 bits per heavy atom. The minimum atomic E-state index is -1.78. The number of rotatable bonds is 8. The van der Waals surface area contributed by atoms with Crippen molar-refractivity contribution in [1.82, 2.24) is 0 Å². The van der Waals surface area contributed by atoms with E-state index in [4.69, 9.17) is 13.1 Å². The Balaban J connectivity index is 1.65. The molecule has 0 N–H and O–H groups in total. The Labute approximate surface area is 150 Å². The molecule has 0 aliphatic rings. The van der Waals surface area contributed by atoms with Gasteiger partial charge in [-0.15, -0.1) is 0 Å². The van der Waals surface area contributed by atoms with E-state index in [0.717, 1.165) is 29.4 Å². The molecule has 1 unspecified atom stereocenters. The number of hydrogen-bond donors (Lipinski definition) is 0. The van der Waals surface area contributed by atoms with Gasteiger partial charge in [0.05, 0.1) is 6.61 Å². The summed E-state index contributed by atoms with van der Waals surface area (Å²) in [5.41, 5.74) is 0. The maximum Gasteiger partial charge on any atom is 0.360 e. The lowest BCUT2D eigenvalue weighted by atomic mass is 10.1. The Kier molecular flexibility index (Phi) is 6.04. The topological polar surface area (TPSA) is 44.8 Å². The largest absolute Gasteiger partial charge is 0.457 e. The van der Waals surface area contributed by atoms with Crippen molar-refractivity contribution >= 4 is 22.1 Å². The maximum atomic E-state index is 11.6. The van der Waals surface area contributed by atoms with E-state index in [-0.39, 0.29) is 0 Å². The summed E-state index contributed by atoms with van der Waals surface area (Å²) in [7, 11) is 0. The van der Waals surface area contributed by atoms with Gasteiger partial charge in [0.1, 0.15) is 17.2 Å². The highest BCUT2D eigenvalue weighted by atomic mass is 32.2. The van der Waals surface area contributed by atoms with Gasteiger partial charge in [-0.3, -0.25) is 4.18 Å². The second-order valence-electron chi connectivity index (χ2n) is 5.51. The molecule has 5 heteroatoms. The van der Waals surface area contributed by atoms with Crippen LogP contribution in [-0.2, 0) is 15.5 Å². The molecular formula is C20H20O4S. The number of benzene rings is 3. The van der Waals surface area contributed by atoms with Gasteiger partial charge in [0.2, 0.25) is 0 Å². The van der Waals surface area contributed by atoms with E-state index in [1.54, 1.807) is 24.3 Å². The second kappa shape index (κ2) is 8.65. The van der Waals surface area contributed by atoms with E-state index < -0.39 is 11.4 Å². The Morgan fingerprint density at radius 1 is 0.880 bits per heavy atom. The quantitative estimate of drug-likeness (QED) is 0.507. The van der Waals surface area contributed by atoms with Gasteiger partial charge < -0.3 is 8.92 Å². The van der Waals surface area contributed by atoms with Crippen LogP contribution in [0.2, 0.25) is 0 Å². The van der Waals surface area contributed by atoms with Crippen molar-refractivity contribution in [3.8, 4) is 17.2 Å². The molecule has 0 heterocycles. The third-order valence-electron chi connectivity index (χ3n) is 3.64. The van der Waals surface area contributed by atoms with Crippen molar-refractivity contribution in [3.05, 3.63) is 66.7 Å². The summed E-state index contributed by atoms with van der Waals surface area (Å²) < 4.78 is 27.9. The monoisotopic (exact) mass is 356 g/mol.